The average molecular weight is 385 g/mol. The third-order valence-corrected chi connectivity index (χ3v) is 3.85. The summed E-state index contributed by atoms with van der Waals surface area (Å²) in [6.07, 6.45) is -0.0834. The van der Waals surface area contributed by atoms with E-state index in [1.54, 1.807) is 24.3 Å². The molecule has 0 aliphatic rings. The van der Waals surface area contributed by atoms with E-state index < -0.39 is 4.92 Å². The normalized spacial score (nSPS) is 11.8. The van der Waals surface area contributed by atoms with Crippen molar-refractivity contribution in [1.82, 2.24) is 0 Å². The average Bonchev–Trinajstić information content (AvgIpc) is 2.56. The second-order valence-electron chi connectivity index (χ2n) is 5.26. The summed E-state index contributed by atoms with van der Waals surface area (Å²) in [7, 11) is 0. The summed E-state index contributed by atoms with van der Waals surface area (Å²) >= 11 is 11.9. The molecule has 0 fully saturated rings. The Morgan fingerprint density at radius 3 is 2.64 bits per heavy atom. The molecule has 1 N–H and O–H groups in total. The first-order chi connectivity index (χ1) is 11.9. The van der Waals surface area contributed by atoms with Crippen molar-refractivity contribution in [3.8, 4) is 11.5 Å². The molecular weight excluding hydrogens is 367 g/mol. The molecule has 8 heteroatoms. The van der Waals surface area contributed by atoms with Gasteiger partial charge in [-0.1, -0.05) is 23.2 Å². The number of nitrogens with zero attached hydrogens (tertiary/aromatic N) is 1. The molecular formula is C17H18Cl2N2O4. The van der Waals surface area contributed by atoms with Gasteiger partial charge in [0.25, 0.3) is 5.69 Å². The predicted molar refractivity (Wildman–Crippen MR) is 99.2 cm³/mol. The quantitative estimate of drug-likeness (QED) is 0.478. The van der Waals surface area contributed by atoms with Gasteiger partial charge < -0.3 is 14.8 Å². The van der Waals surface area contributed by atoms with Crippen LogP contribution in [0.5, 0.6) is 11.5 Å². The molecule has 0 aliphatic heterocycles. The summed E-state index contributed by atoms with van der Waals surface area (Å²) in [5, 5.41) is 15.1. The van der Waals surface area contributed by atoms with Crippen LogP contribution in [0.25, 0.3) is 0 Å². The second kappa shape index (κ2) is 8.89. The predicted octanol–water partition coefficient (Wildman–Crippen LogP) is 5.53. The monoisotopic (exact) mass is 384 g/mol. The number of rotatable bonds is 8. The van der Waals surface area contributed by atoms with E-state index in [0.29, 0.717) is 40.4 Å². The van der Waals surface area contributed by atoms with Gasteiger partial charge in [-0.05, 0) is 38.1 Å². The SMILES string of the molecule is CCOC(C)CNc1cc(Oc2ccc(Cl)cc2Cl)ccc1[N+](=O)[O-]. The van der Waals surface area contributed by atoms with Gasteiger partial charge in [0, 0.05) is 30.3 Å². The highest BCUT2D eigenvalue weighted by Crippen LogP contribution is 2.35. The second-order valence-corrected chi connectivity index (χ2v) is 6.10. The first-order valence-electron chi connectivity index (χ1n) is 7.67. The van der Waals surface area contributed by atoms with E-state index in [0.717, 1.165) is 0 Å². The maximum atomic E-state index is 11.2. The van der Waals surface area contributed by atoms with Crippen molar-refractivity contribution in [2.75, 3.05) is 18.5 Å². The van der Waals surface area contributed by atoms with E-state index in [-0.39, 0.29) is 11.8 Å². The van der Waals surface area contributed by atoms with Gasteiger partial charge in [-0.25, -0.2) is 0 Å². The van der Waals surface area contributed by atoms with Gasteiger partial charge in [0.1, 0.15) is 17.2 Å². The zero-order valence-corrected chi connectivity index (χ0v) is 15.3. The molecule has 0 saturated carbocycles. The lowest BCUT2D eigenvalue weighted by Crippen LogP contribution is -2.20. The molecule has 0 aromatic heterocycles. The largest absolute Gasteiger partial charge is 0.456 e. The molecule has 2 aromatic carbocycles. The van der Waals surface area contributed by atoms with Crippen molar-refractivity contribution in [2.24, 2.45) is 0 Å². The fourth-order valence-corrected chi connectivity index (χ4v) is 2.61. The van der Waals surface area contributed by atoms with Gasteiger partial charge in [-0.3, -0.25) is 10.1 Å². The van der Waals surface area contributed by atoms with E-state index in [1.807, 2.05) is 13.8 Å². The first-order valence-corrected chi connectivity index (χ1v) is 8.43. The number of nitrogens with one attached hydrogen (secondary N) is 1. The van der Waals surface area contributed by atoms with E-state index in [1.165, 1.54) is 12.1 Å². The molecule has 0 spiro atoms. The lowest BCUT2D eigenvalue weighted by atomic mass is 10.2. The van der Waals surface area contributed by atoms with Gasteiger partial charge in [-0.15, -0.1) is 0 Å². The Labute approximate surface area is 155 Å². The molecule has 0 radical (unpaired) electrons. The maximum Gasteiger partial charge on any atom is 0.292 e. The van der Waals surface area contributed by atoms with Crippen LogP contribution in [0.1, 0.15) is 13.8 Å². The Hall–Kier alpha value is -2.02. The first kappa shape index (κ1) is 19.3. The van der Waals surface area contributed by atoms with E-state index >= 15 is 0 Å². The Balaban J connectivity index is 2.22. The highest BCUT2D eigenvalue weighted by atomic mass is 35.5. The van der Waals surface area contributed by atoms with Crippen LogP contribution in [0.3, 0.4) is 0 Å². The van der Waals surface area contributed by atoms with Crippen molar-refractivity contribution >= 4 is 34.6 Å². The van der Waals surface area contributed by atoms with Crippen LogP contribution < -0.4 is 10.1 Å². The van der Waals surface area contributed by atoms with Gasteiger partial charge in [0.2, 0.25) is 0 Å². The van der Waals surface area contributed by atoms with Gasteiger partial charge in [0.15, 0.2) is 0 Å². The molecule has 0 saturated heterocycles. The van der Waals surface area contributed by atoms with Crippen LogP contribution in [-0.4, -0.2) is 24.2 Å². The molecule has 134 valence electrons. The topological polar surface area (TPSA) is 73.6 Å². The zero-order chi connectivity index (χ0) is 18.4. The summed E-state index contributed by atoms with van der Waals surface area (Å²) in [6.45, 7) is 4.78. The number of nitro groups is 1. The molecule has 0 bridgehead atoms. The van der Waals surface area contributed by atoms with Crippen LogP contribution in [0.15, 0.2) is 36.4 Å². The molecule has 2 rings (SSSR count). The van der Waals surface area contributed by atoms with Crippen LogP contribution in [-0.2, 0) is 4.74 Å². The Bertz CT molecular complexity index is 755. The van der Waals surface area contributed by atoms with Crippen LogP contribution in [0, 0.1) is 10.1 Å². The molecule has 6 nitrogen and oxygen atoms in total. The lowest BCUT2D eigenvalue weighted by Gasteiger charge is -2.15. The fourth-order valence-electron chi connectivity index (χ4n) is 2.16. The molecule has 2 aromatic rings. The number of ether oxygens (including phenoxy) is 2. The summed E-state index contributed by atoms with van der Waals surface area (Å²) in [6, 6.07) is 9.30. The van der Waals surface area contributed by atoms with Gasteiger partial charge in [0.05, 0.1) is 16.0 Å². The third-order valence-electron chi connectivity index (χ3n) is 3.32. The minimum absolute atomic E-state index is 0.0433. The molecule has 0 amide bonds. The summed E-state index contributed by atoms with van der Waals surface area (Å²) < 4.78 is 11.1. The minimum Gasteiger partial charge on any atom is -0.456 e. The maximum absolute atomic E-state index is 11.2. The van der Waals surface area contributed by atoms with Crippen LogP contribution in [0.2, 0.25) is 10.0 Å². The highest BCUT2D eigenvalue weighted by molar-refractivity contribution is 6.35. The Morgan fingerprint density at radius 2 is 2.00 bits per heavy atom. The highest BCUT2D eigenvalue weighted by Gasteiger charge is 2.16. The molecule has 0 heterocycles. The number of nitro benzene ring substituents is 1. The number of anilines is 1. The van der Waals surface area contributed by atoms with Crippen molar-refractivity contribution in [3.05, 3.63) is 56.6 Å². The fraction of sp³-hybridized carbons (Fsp3) is 0.294. The van der Waals surface area contributed by atoms with Crippen molar-refractivity contribution in [3.63, 3.8) is 0 Å². The zero-order valence-electron chi connectivity index (χ0n) is 13.8. The Morgan fingerprint density at radius 1 is 1.24 bits per heavy atom. The molecule has 25 heavy (non-hydrogen) atoms. The number of hydrogen-bond acceptors (Lipinski definition) is 5. The molecule has 0 aliphatic carbocycles. The standard InChI is InChI=1S/C17H18Cl2N2O4/c1-3-24-11(2)10-20-15-9-13(5-6-16(15)21(22)23)25-17-7-4-12(18)8-14(17)19/h4-9,11,20H,3,10H2,1-2H3. The van der Waals surface area contributed by atoms with E-state index in [9.17, 15) is 10.1 Å². The summed E-state index contributed by atoms with van der Waals surface area (Å²) in [4.78, 5) is 10.8. The van der Waals surface area contributed by atoms with Crippen molar-refractivity contribution in [2.45, 2.75) is 20.0 Å². The number of hydrogen-bond donors (Lipinski definition) is 1. The van der Waals surface area contributed by atoms with Crippen LogP contribution >= 0.6 is 23.2 Å². The number of benzene rings is 2. The van der Waals surface area contributed by atoms with Crippen molar-refractivity contribution in [1.29, 1.82) is 0 Å². The minimum atomic E-state index is -0.452. The van der Waals surface area contributed by atoms with Gasteiger partial charge >= 0.3 is 0 Å². The van der Waals surface area contributed by atoms with E-state index in [2.05, 4.69) is 5.32 Å². The smallest absolute Gasteiger partial charge is 0.292 e. The van der Waals surface area contributed by atoms with Crippen molar-refractivity contribution < 1.29 is 14.4 Å². The van der Waals surface area contributed by atoms with E-state index in [4.69, 9.17) is 32.7 Å². The van der Waals surface area contributed by atoms with Crippen LogP contribution in [0.4, 0.5) is 11.4 Å². The third kappa shape index (κ3) is 5.49. The lowest BCUT2D eigenvalue weighted by molar-refractivity contribution is -0.384. The van der Waals surface area contributed by atoms with Gasteiger partial charge in [-0.2, -0.15) is 0 Å². The summed E-state index contributed by atoms with van der Waals surface area (Å²) in [5.74, 6) is 0.829. The molecule has 1 atom stereocenters. The molecule has 1 unspecified atom stereocenters. The number of halogens is 2. The Kier molecular flexibility index (Phi) is 6.87. The summed E-state index contributed by atoms with van der Waals surface area (Å²) in [5.41, 5.74) is 0.303.